The van der Waals surface area contributed by atoms with Crippen molar-refractivity contribution in [3.8, 4) is 5.75 Å². The summed E-state index contributed by atoms with van der Waals surface area (Å²) in [4.78, 5) is 4.23. The number of thiazole rings is 1. The Labute approximate surface area is 86.9 Å². The maximum atomic E-state index is 9.25. The summed E-state index contributed by atoms with van der Waals surface area (Å²) in [5.74, 6) is 0.324. The molecule has 1 aromatic heterocycles. The lowest BCUT2D eigenvalue weighted by molar-refractivity contribution is 0.474. The Balaban J connectivity index is 2.25. The fourth-order valence-electron chi connectivity index (χ4n) is 1.38. The molecule has 14 heavy (non-hydrogen) atoms. The van der Waals surface area contributed by atoms with Crippen LogP contribution in [0, 0.1) is 6.92 Å². The van der Waals surface area contributed by atoms with Gasteiger partial charge in [0.1, 0.15) is 5.75 Å². The van der Waals surface area contributed by atoms with Crippen LogP contribution in [0.3, 0.4) is 0 Å². The predicted molar refractivity (Wildman–Crippen MR) is 57.8 cm³/mol. The third-order valence-corrected chi connectivity index (χ3v) is 2.93. The lowest BCUT2D eigenvalue weighted by Crippen LogP contribution is -1.90. The van der Waals surface area contributed by atoms with E-state index in [1.54, 1.807) is 23.5 Å². The molecule has 0 aliphatic rings. The molecule has 0 unspecified atom stereocenters. The smallest absolute Gasteiger partial charge is 0.115 e. The number of nitrogens with zero attached hydrogens (tertiary/aromatic N) is 1. The number of rotatable bonds is 2. The number of benzene rings is 1. The van der Waals surface area contributed by atoms with E-state index in [0.717, 1.165) is 17.0 Å². The lowest BCUT2D eigenvalue weighted by atomic mass is 10.1. The molecule has 1 heterocycles. The fourth-order valence-corrected chi connectivity index (χ4v) is 2.02. The van der Waals surface area contributed by atoms with Gasteiger partial charge in [-0.2, -0.15) is 0 Å². The molecule has 0 atom stereocenters. The Morgan fingerprint density at radius 1 is 1.43 bits per heavy atom. The monoisotopic (exact) mass is 205 g/mol. The molecule has 72 valence electrons. The summed E-state index contributed by atoms with van der Waals surface area (Å²) in [7, 11) is 0. The van der Waals surface area contributed by atoms with Crippen LogP contribution in [0.1, 0.15) is 16.1 Å². The molecule has 0 bridgehead atoms. The number of aromatic nitrogens is 1. The Kier molecular flexibility index (Phi) is 2.50. The minimum absolute atomic E-state index is 0.324. The summed E-state index contributed by atoms with van der Waals surface area (Å²) in [6.07, 6.45) is 2.67. The van der Waals surface area contributed by atoms with E-state index in [1.165, 1.54) is 5.56 Å². The number of aromatic hydroxyl groups is 1. The SMILES string of the molecule is Cc1cc(O)ccc1Cc1nccs1. The molecular weight excluding hydrogens is 194 g/mol. The van der Waals surface area contributed by atoms with Gasteiger partial charge in [0, 0.05) is 18.0 Å². The quantitative estimate of drug-likeness (QED) is 0.817. The van der Waals surface area contributed by atoms with Gasteiger partial charge in [-0.3, -0.25) is 0 Å². The zero-order valence-electron chi connectivity index (χ0n) is 7.90. The minimum atomic E-state index is 0.324. The van der Waals surface area contributed by atoms with Crippen molar-refractivity contribution >= 4 is 11.3 Å². The molecule has 0 aliphatic heterocycles. The zero-order valence-corrected chi connectivity index (χ0v) is 8.71. The molecule has 1 N–H and O–H groups in total. The van der Waals surface area contributed by atoms with E-state index < -0.39 is 0 Å². The van der Waals surface area contributed by atoms with E-state index in [9.17, 15) is 5.11 Å². The maximum Gasteiger partial charge on any atom is 0.115 e. The number of hydrogen-bond donors (Lipinski definition) is 1. The van der Waals surface area contributed by atoms with Gasteiger partial charge in [0.25, 0.3) is 0 Å². The van der Waals surface area contributed by atoms with Crippen LogP contribution in [0.15, 0.2) is 29.8 Å². The van der Waals surface area contributed by atoms with Gasteiger partial charge in [0.2, 0.25) is 0 Å². The molecular formula is C11H11NOS. The van der Waals surface area contributed by atoms with Crippen molar-refractivity contribution in [3.05, 3.63) is 45.9 Å². The summed E-state index contributed by atoms with van der Waals surface area (Å²) in [6, 6.07) is 5.45. The lowest BCUT2D eigenvalue weighted by Gasteiger charge is -2.03. The Bertz CT molecular complexity index is 423. The highest BCUT2D eigenvalue weighted by molar-refractivity contribution is 7.09. The van der Waals surface area contributed by atoms with Crippen LogP contribution < -0.4 is 0 Å². The molecule has 0 fully saturated rings. The van der Waals surface area contributed by atoms with Crippen LogP contribution in [0.25, 0.3) is 0 Å². The van der Waals surface area contributed by atoms with Gasteiger partial charge < -0.3 is 5.11 Å². The number of hydrogen-bond acceptors (Lipinski definition) is 3. The van der Waals surface area contributed by atoms with Gasteiger partial charge in [-0.25, -0.2) is 4.98 Å². The maximum absolute atomic E-state index is 9.25. The third kappa shape index (κ3) is 1.93. The summed E-state index contributed by atoms with van der Waals surface area (Å²) < 4.78 is 0. The van der Waals surface area contributed by atoms with Crippen LogP contribution in [0.4, 0.5) is 0 Å². The molecule has 0 saturated carbocycles. The molecule has 0 saturated heterocycles. The topological polar surface area (TPSA) is 33.1 Å². The second-order valence-corrected chi connectivity index (χ2v) is 4.19. The summed E-state index contributed by atoms with van der Waals surface area (Å²) in [5.41, 5.74) is 2.33. The van der Waals surface area contributed by atoms with Gasteiger partial charge in [-0.15, -0.1) is 11.3 Å². The average molecular weight is 205 g/mol. The predicted octanol–water partition coefficient (Wildman–Crippen LogP) is 2.75. The zero-order chi connectivity index (χ0) is 9.97. The number of aryl methyl sites for hydroxylation is 1. The van der Waals surface area contributed by atoms with Crippen molar-refractivity contribution in [2.45, 2.75) is 13.3 Å². The molecule has 2 nitrogen and oxygen atoms in total. The normalized spacial score (nSPS) is 10.4. The largest absolute Gasteiger partial charge is 0.508 e. The molecule has 0 amide bonds. The molecule has 2 aromatic rings. The first-order chi connectivity index (χ1) is 6.75. The summed E-state index contributed by atoms with van der Waals surface area (Å²) in [5, 5.41) is 12.3. The van der Waals surface area contributed by atoms with Crippen molar-refractivity contribution in [2.24, 2.45) is 0 Å². The first kappa shape index (κ1) is 9.21. The average Bonchev–Trinajstić information content (AvgIpc) is 2.62. The Morgan fingerprint density at radius 2 is 2.29 bits per heavy atom. The van der Waals surface area contributed by atoms with Crippen molar-refractivity contribution in [3.63, 3.8) is 0 Å². The van der Waals surface area contributed by atoms with Crippen LogP contribution in [-0.2, 0) is 6.42 Å². The van der Waals surface area contributed by atoms with E-state index in [4.69, 9.17) is 0 Å². The van der Waals surface area contributed by atoms with E-state index in [-0.39, 0.29) is 0 Å². The van der Waals surface area contributed by atoms with Crippen molar-refractivity contribution in [1.82, 2.24) is 4.98 Å². The first-order valence-corrected chi connectivity index (χ1v) is 5.30. The number of phenolic OH excluding ortho intramolecular Hbond substituents is 1. The van der Waals surface area contributed by atoms with Gasteiger partial charge >= 0.3 is 0 Å². The molecule has 0 aliphatic carbocycles. The van der Waals surface area contributed by atoms with Gasteiger partial charge in [0.15, 0.2) is 0 Å². The second-order valence-electron chi connectivity index (χ2n) is 3.21. The molecule has 3 heteroatoms. The van der Waals surface area contributed by atoms with E-state index in [1.807, 2.05) is 24.6 Å². The van der Waals surface area contributed by atoms with Gasteiger partial charge in [-0.1, -0.05) is 6.07 Å². The Hall–Kier alpha value is -1.35. The Morgan fingerprint density at radius 3 is 2.93 bits per heavy atom. The minimum Gasteiger partial charge on any atom is -0.508 e. The van der Waals surface area contributed by atoms with E-state index in [2.05, 4.69) is 4.98 Å². The van der Waals surface area contributed by atoms with E-state index in [0.29, 0.717) is 5.75 Å². The van der Waals surface area contributed by atoms with Crippen LogP contribution in [0.2, 0.25) is 0 Å². The molecule has 0 radical (unpaired) electrons. The molecule has 0 spiro atoms. The third-order valence-electron chi connectivity index (χ3n) is 2.15. The molecule has 2 rings (SSSR count). The summed E-state index contributed by atoms with van der Waals surface area (Å²) in [6.45, 7) is 2.00. The summed E-state index contributed by atoms with van der Waals surface area (Å²) >= 11 is 1.66. The highest BCUT2D eigenvalue weighted by atomic mass is 32.1. The van der Waals surface area contributed by atoms with Crippen molar-refractivity contribution in [2.75, 3.05) is 0 Å². The van der Waals surface area contributed by atoms with Crippen LogP contribution in [-0.4, -0.2) is 10.1 Å². The highest BCUT2D eigenvalue weighted by Crippen LogP contribution is 2.19. The standard InChI is InChI=1S/C11H11NOS/c1-8-6-10(13)3-2-9(8)7-11-12-4-5-14-11/h2-6,13H,7H2,1H3. The van der Waals surface area contributed by atoms with E-state index >= 15 is 0 Å². The first-order valence-electron chi connectivity index (χ1n) is 4.42. The highest BCUT2D eigenvalue weighted by Gasteiger charge is 2.02. The van der Waals surface area contributed by atoms with Crippen molar-refractivity contribution < 1.29 is 5.11 Å². The number of phenols is 1. The van der Waals surface area contributed by atoms with Gasteiger partial charge in [-0.05, 0) is 30.2 Å². The second kappa shape index (κ2) is 3.80. The molecule has 1 aromatic carbocycles. The van der Waals surface area contributed by atoms with Crippen molar-refractivity contribution in [1.29, 1.82) is 0 Å². The van der Waals surface area contributed by atoms with Crippen LogP contribution >= 0.6 is 11.3 Å². The van der Waals surface area contributed by atoms with Gasteiger partial charge in [0.05, 0.1) is 5.01 Å². The van der Waals surface area contributed by atoms with Crippen LogP contribution in [0.5, 0.6) is 5.75 Å². The fraction of sp³-hybridized carbons (Fsp3) is 0.182.